The third-order valence-electron chi connectivity index (χ3n) is 2.74. The summed E-state index contributed by atoms with van der Waals surface area (Å²) < 4.78 is 12.7. The van der Waals surface area contributed by atoms with Crippen LogP contribution in [0.4, 0.5) is 10.1 Å². The lowest BCUT2D eigenvalue weighted by molar-refractivity contribution is -0.134. The molecule has 1 aliphatic heterocycles. The van der Waals surface area contributed by atoms with Crippen molar-refractivity contribution in [2.45, 2.75) is 6.42 Å². The van der Waals surface area contributed by atoms with E-state index in [-0.39, 0.29) is 6.42 Å². The fourth-order valence-electron chi connectivity index (χ4n) is 1.75. The molecule has 6 nitrogen and oxygen atoms in total. The van der Waals surface area contributed by atoms with E-state index in [0.717, 1.165) is 5.01 Å². The standard InChI is InChI=1S/C12H12FN3O3/c1-16-12(19)9(11(18)15-16)6-10(17)14-8-4-2-7(13)3-5-8/h2-5,9H,6H2,1H3,(H,14,17)(H,15,18). The highest BCUT2D eigenvalue weighted by Gasteiger charge is 2.38. The maximum absolute atomic E-state index is 12.7. The second-order valence-corrected chi connectivity index (χ2v) is 4.19. The summed E-state index contributed by atoms with van der Waals surface area (Å²) in [5.74, 6) is -2.84. The average Bonchev–Trinajstić information content (AvgIpc) is 2.59. The number of nitrogens with one attached hydrogen (secondary N) is 2. The van der Waals surface area contributed by atoms with Gasteiger partial charge >= 0.3 is 0 Å². The van der Waals surface area contributed by atoms with E-state index < -0.39 is 29.5 Å². The lowest BCUT2D eigenvalue weighted by Gasteiger charge is -2.08. The Kier molecular flexibility index (Phi) is 3.46. The third kappa shape index (κ3) is 2.87. The van der Waals surface area contributed by atoms with Gasteiger partial charge in [-0.05, 0) is 24.3 Å². The molecule has 1 fully saturated rings. The molecule has 0 aliphatic carbocycles. The van der Waals surface area contributed by atoms with Gasteiger partial charge in [0.15, 0.2) is 0 Å². The molecule has 100 valence electrons. The van der Waals surface area contributed by atoms with E-state index in [1.54, 1.807) is 0 Å². The van der Waals surface area contributed by atoms with Gasteiger partial charge in [-0.3, -0.25) is 24.8 Å². The Balaban J connectivity index is 1.96. The topological polar surface area (TPSA) is 78.5 Å². The minimum absolute atomic E-state index is 0.244. The van der Waals surface area contributed by atoms with Crippen molar-refractivity contribution in [2.75, 3.05) is 12.4 Å². The van der Waals surface area contributed by atoms with Crippen LogP contribution in [0.25, 0.3) is 0 Å². The minimum atomic E-state index is -1.01. The van der Waals surface area contributed by atoms with Gasteiger partial charge in [-0.25, -0.2) is 4.39 Å². The molecule has 2 N–H and O–H groups in total. The second kappa shape index (κ2) is 5.05. The van der Waals surface area contributed by atoms with Gasteiger partial charge in [-0.15, -0.1) is 0 Å². The fraction of sp³-hybridized carbons (Fsp3) is 0.250. The summed E-state index contributed by atoms with van der Waals surface area (Å²) >= 11 is 0. The Morgan fingerprint density at radius 1 is 1.37 bits per heavy atom. The van der Waals surface area contributed by atoms with Crippen molar-refractivity contribution < 1.29 is 18.8 Å². The van der Waals surface area contributed by atoms with Gasteiger partial charge < -0.3 is 5.32 Å². The molecule has 0 bridgehead atoms. The zero-order chi connectivity index (χ0) is 14.0. The van der Waals surface area contributed by atoms with Gasteiger partial charge in [0.1, 0.15) is 11.7 Å². The molecule has 1 heterocycles. The third-order valence-corrected chi connectivity index (χ3v) is 2.74. The molecule has 19 heavy (non-hydrogen) atoms. The van der Waals surface area contributed by atoms with Crippen molar-refractivity contribution in [2.24, 2.45) is 5.92 Å². The molecule has 1 atom stereocenters. The number of halogens is 1. The van der Waals surface area contributed by atoms with E-state index in [9.17, 15) is 18.8 Å². The highest BCUT2D eigenvalue weighted by Crippen LogP contribution is 2.15. The quantitative estimate of drug-likeness (QED) is 0.770. The van der Waals surface area contributed by atoms with Gasteiger partial charge in [0.25, 0.3) is 11.8 Å². The van der Waals surface area contributed by atoms with Crippen molar-refractivity contribution in [3.8, 4) is 0 Å². The fourth-order valence-corrected chi connectivity index (χ4v) is 1.75. The van der Waals surface area contributed by atoms with Crippen LogP contribution in [0.15, 0.2) is 24.3 Å². The van der Waals surface area contributed by atoms with Crippen LogP contribution in [0.1, 0.15) is 6.42 Å². The molecule has 1 unspecified atom stereocenters. The van der Waals surface area contributed by atoms with Crippen molar-refractivity contribution in [3.05, 3.63) is 30.1 Å². The number of hydrazine groups is 1. The summed E-state index contributed by atoms with van der Waals surface area (Å²) in [6.45, 7) is 0. The molecule has 7 heteroatoms. The van der Waals surface area contributed by atoms with Gasteiger partial charge in [0.2, 0.25) is 5.91 Å². The van der Waals surface area contributed by atoms with Crippen LogP contribution in [0, 0.1) is 11.7 Å². The van der Waals surface area contributed by atoms with Gasteiger partial charge in [0, 0.05) is 19.2 Å². The molecule has 1 aromatic carbocycles. The highest BCUT2D eigenvalue weighted by atomic mass is 19.1. The molecule has 0 aromatic heterocycles. The van der Waals surface area contributed by atoms with E-state index >= 15 is 0 Å². The number of carbonyl (C=O) groups excluding carboxylic acids is 3. The van der Waals surface area contributed by atoms with Crippen molar-refractivity contribution in [3.63, 3.8) is 0 Å². The van der Waals surface area contributed by atoms with Crippen LogP contribution in [-0.2, 0) is 14.4 Å². The Bertz CT molecular complexity index is 530. The van der Waals surface area contributed by atoms with E-state index in [1.165, 1.54) is 31.3 Å². The number of hydrogen-bond donors (Lipinski definition) is 2. The van der Waals surface area contributed by atoms with Crippen LogP contribution >= 0.6 is 0 Å². The summed E-state index contributed by atoms with van der Waals surface area (Å²) in [6.07, 6.45) is -0.244. The Morgan fingerprint density at radius 3 is 2.53 bits per heavy atom. The Labute approximate surface area is 108 Å². The molecule has 3 amide bonds. The Hall–Kier alpha value is -2.44. The molecule has 2 rings (SSSR count). The first-order valence-electron chi connectivity index (χ1n) is 5.61. The van der Waals surface area contributed by atoms with Crippen LogP contribution in [0.2, 0.25) is 0 Å². The van der Waals surface area contributed by atoms with Gasteiger partial charge in [-0.2, -0.15) is 0 Å². The summed E-state index contributed by atoms with van der Waals surface area (Å²) in [4.78, 5) is 34.7. The highest BCUT2D eigenvalue weighted by molar-refractivity contribution is 6.08. The number of anilines is 1. The van der Waals surface area contributed by atoms with E-state index in [2.05, 4.69) is 10.7 Å². The zero-order valence-electron chi connectivity index (χ0n) is 10.1. The summed E-state index contributed by atoms with van der Waals surface area (Å²) in [5.41, 5.74) is 2.72. The number of benzene rings is 1. The summed E-state index contributed by atoms with van der Waals surface area (Å²) in [7, 11) is 1.41. The smallest absolute Gasteiger partial charge is 0.253 e. The molecular formula is C12H12FN3O3. The molecule has 1 aliphatic rings. The first kappa shape index (κ1) is 13.0. The van der Waals surface area contributed by atoms with Crippen LogP contribution in [0.5, 0.6) is 0 Å². The molecule has 1 aromatic rings. The molecule has 0 radical (unpaired) electrons. The Morgan fingerprint density at radius 2 is 2.00 bits per heavy atom. The average molecular weight is 265 g/mol. The molecular weight excluding hydrogens is 253 g/mol. The SMILES string of the molecule is CN1NC(=O)C(CC(=O)Nc2ccc(F)cc2)C1=O. The van der Waals surface area contributed by atoms with E-state index in [4.69, 9.17) is 0 Å². The maximum atomic E-state index is 12.7. The molecule has 1 saturated heterocycles. The second-order valence-electron chi connectivity index (χ2n) is 4.19. The lowest BCUT2D eigenvalue weighted by atomic mass is 10.0. The van der Waals surface area contributed by atoms with Crippen LogP contribution in [-0.4, -0.2) is 29.8 Å². The van der Waals surface area contributed by atoms with Crippen molar-refractivity contribution in [1.29, 1.82) is 0 Å². The largest absolute Gasteiger partial charge is 0.326 e. The molecule has 0 saturated carbocycles. The maximum Gasteiger partial charge on any atom is 0.253 e. The summed E-state index contributed by atoms with van der Waals surface area (Å²) in [5, 5.41) is 3.55. The zero-order valence-corrected chi connectivity index (χ0v) is 10.1. The summed E-state index contributed by atoms with van der Waals surface area (Å²) in [6, 6.07) is 5.21. The first-order chi connectivity index (χ1) is 8.97. The lowest BCUT2D eigenvalue weighted by Crippen LogP contribution is -2.31. The van der Waals surface area contributed by atoms with E-state index in [0.29, 0.717) is 5.69 Å². The van der Waals surface area contributed by atoms with Crippen molar-refractivity contribution in [1.82, 2.24) is 10.4 Å². The van der Waals surface area contributed by atoms with E-state index in [1.807, 2.05) is 0 Å². The normalized spacial score (nSPS) is 18.4. The predicted molar refractivity (Wildman–Crippen MR) is 64.0 cm³/mol. The number of carbonyl (C=O) groups is 3. The first-order valence-corrected chi connectivity index (χ1v) is 5.61. The monoisotopic (exact) mass is 265 g/mol. The van der Waals surface area contributed by atoms with Gasteiger partial charge in [-0.1, -0.05) is 0 Å². The predicted octanol–water partition coefficient (Wildman–Crippen LogP) is 0.274. The van der Waals surface area contributed by atoms with Crippen molar-refractivity contribution >= 4 is 23.4 Å². The number of rotatable bonds is 3. The number of amides is 3. The van der Waals surface area contributed by atoms with Crippen LogP contribution < -0.4 is 10.7 Å². The number of hydrogen-bond acceptors (Lipinski definition) is 3. The van der Waals surface area contributed by atoms with Crippen LogP contribution in [0.3, 0.4) is 0 Å². The number of nitrogens with zero attached hydrogens (tertiary/aromatic N) is 1. The molecule has 0 spiro atoms. The van der Waals surface area contributed by atoms with Gasteiger partial charge in [0.05, 0.1) is 0 Å². The minimum Gasteiger partial charge on any atom is -0.326 e.